The minimum atomic E-state index is 0.188. The van der Waals surface area contributed by atoms with Crippen LogP contribution in [0, 0.1) is 5.92 Å². The Morgan fingerprint density at radius 3 is 2.94 bits per heavy atom. The number of aryl methyl sites for hydroxylation is 1. The molecule has 1 aromatic heterocycles. The van der Waals surface area contributed by atoms with Gasteiger partial charge in [-0.05, 0) is 12.8 Å². The summed E-state index contributed by atoms with van der Waals surface area (Å²) in [6.07, 6.45) is 2.96. The Morgan fingerprint density at radius 2 is 2.31 bits per heavy atom. The van der Waals surface area contributed by atoms with Crippen LogP contribution in [0.3, 0.4) is 0 Å². The lowest BCUT2D eigenvalue weighted by atomic mass is 10.4. The molecule has 0 spiro atoms. The van der Waals surface area contributed by atoms with Gasteiger partial charge in [-0.3, -0.25) is 4.79 Å². The van der Waals surface area contributed by atoms with Gasteiger partial charge in [-0.15, -0.1) is 0 Å². The first-order valence-electron chi connectivity index (χ1n) is 5.63. The van der Waals surface area contributed by atoms with Gasteiger partial charge in [0.1, 0.15) is 5.82 Å². The predicted molar refractivity (Wildman–Crippen MR) is 63.5 cm³/mol. The van der Waals surface area contributed by atoms with Gasteiger partial charge in [-0.2, -0.15) is 4.37 Å². The van der Waals surface area contributed by atoms with E-state index < -0.39 is 0 Å². The summed E-state index contributed by atoms with van der Waals surface area (Å²) < 4.78 is 4.17. The van der Waals surface area contributed by atoms with Gasteiger partial charge in [-0.1, -0.05) is 6.92 Å². The highest BCUT2D eigenvalue weighted by Gasteiger charge is 2.28. The molecule has 0 radical (unpaired) electrons. The summed E-state index contributed by atoms with van der Waals surface area (Å²) in [5.74, 6) is 1.34. The standard InChI is InChI=1S/C10H16N4OS/c1-2-8-13-10(16-14-8)12-6-5-11-9(15)7-3-4-7/h7H,2-6H2,1H3,(H,11,15)(H,12,13,14). The summed E-state index contributed by atoms with van der Waals surface area (Å²) in [6, 6.07) is 0. The number of rotatable bonds is 6. The van der Waals surface area contributed by atoms with Crippen LogP contribution in [0.15, 0.2) is 0 Å². The Morgan fingerprint density at radius 1 is 1.50 bits per heavy atom. The summed E-state index contributed by atoms with van der Waals surface area (Å²) >= 11 is 1.37. The maximum atomic E-state index is 11.3. The molecular formula is C10H16N4OS. The largest absolute Gasteiger partial charge is 0.359 e. The second kappa shape index (κ2) is 5.25. The lowest BCUT2D eigenvalue weighted by Crippen LogP contribution is -2.29. The van der Waals surface area contributed by atoms with Gasteiger partial charge in [-0.25, -0.2) is 4.98 Å². The molecule has 0 atom stereocenters. The van der Waals surface area contributed by atoms with Crippen LogP contribution in [0.2, 0.25) is 0 Å². The summed E-state index contributed by atoms with van der Waals surface area (Å²) in [5, 5.41) is 6.87. The molecular weight excluding hydrogens is 224 g/mol. The summed E-state index contributed by atoms with van der Waals surface area (Å²) in [6.45, 7) is 3.38. The predicted octanol–water partition coefficient (Wildman–Crippen LogP) is 1.04. The molecule has 16 heavy (non-hydrogen) atoms. The van der Waals surface area contributed by atoms with Gasteiger partial charge in [0.15, 0.2) is 0 Å². The molecule has 1 heterocycles. The minimum Gasteiger partial charge on any atom is -0.359 e. The fourth-order valence-electron chi connectivity index (χ4n) is 1.31. The minimum absolute atomic E-state index is 0.188. The van der Waals surface area contributed by atoms with Crippen molar-refractivity contribution in [2.24, 2.45) is 5.92 Å². The van der Waals surface area contributed by atoms with Gasteiger partial charge >= 0.3 is 0 Å². The molecule has 2 rings (SSSR count). The first-order valence-corrected chi connectivity index (χ1v) is 6.41. The van der Waals surface area contributed by atoms with Gasteiger partial charge in [0.25, 0.3) is 0 Å². The van der Waals surface area contributed by atoms with Crippen molar-refractivity contribution in [2.45, 2.75) is 26.2 Å². The normalized spacial score (nSPS) is 14.8. The Bertz CT molecular complexity index is 361. The number of nitrogens with zero attached hydrogens (tertiary/aromatic N) is 2. The van der Waals surface area contributed by atoms with Crippen molar-refractivity contribution in [3.63, 3.8) is 0 Å². The van der Waals surface area contributed by atoms with E-state index in [0.717, 1.165) is 30.2 Å². The molecule has 0 unspecified atom stereocenters. The van der Waals surface area contributed by atoms with Crippen molar-refractivity contribution < 1.29 is 4.79 Å². The number of hydrogen-bond acceptors (Lipinski definition) is 5. The van der Waals surface area contributed by atoms with E-state index in [1.165, 1.54) is 11.5 Å². The SMILES string of the molecule is CCc1nsc(NCCNC(=O)C2CC2)n1. The molecule has 1 saturated carbocycles. The van der Waals surface area contributed by atoms with Gasteiger partial charge in [0.05, 0.1) is 0 Å². The zero-order chi connectivity index (χ0) is 11.4. The van der Waals surface area contributed by atoms with Crippen LogP contribution >= 0.6 is 11.5 Å². The van der Waals surface area contributed by atoms with Gasteiger partial charge < -0.3 is 10.6 Å². The van der Waals surface area contributed by atoms with Gasteiger partial charge in [0.2, 0.25) is 11.0 Å². The van der Waals surface area contributed by atoms with Crippen LogP contribution in [0.5, 0.6) is 0 Å². The second-order valence-corrected chi connectivity index (χ2v) is 4.61. The van der Waals surface area contributed by atoms with Crippen LogP contribution in [-0.2, 0) is 11.2 Å². The smallest absolute Gasteiger partial charge is 0.223 e. The molecule has 1 aliphatic carbocycles. The summed E-state index contributed by atoms with van der Waals surface area (Å²) in [4.78, 5) is 15.6. The molecule has 2 N–H and O–H groups in total. The summed E-state index contributed by atoms with van der Waals surface area (Å²) in [7, 11) is 0. The Kier molecular flexibility index (Phi) is 3.71. The van der Waals surface area contributed by atoms with E-state index >= 15 is 0 Å². The van der Waals surface area contributed by atoms with E-state index in [1.807, 2.05) is 6.92 Å². The van der Waals surface area contributed by atoms with E-state index in [4.69, 9.17) is 0 Å². The Hall–Kier alpha value is -1.17. The van der Waals surface area contributed by atoms with Crippen LogP contribution in [-0.4, -0.2) is 28.4 Å². The maximum Gasteiger partial charge on any atom is 0.223 e. The fraction of sp³-hybridized carbons (Fsp3) is 0.700. The van der Waals surface area contributed by atoms with Crippen molar-refractivity contribution in [3.05, 3.63) is 5.82 Å². The molecule has 1 aromatic rings. The first kappa shape index (κ1) is 11.3. The first-order chi connectivity index (χ1) is 7.79. The van der Waals surface area contributed by atoms with Crippen molar-refractivity contribution in [1.29, 1.82) is 0 Å². The Balaban J connectivity index is 1.61. The zero-order valence-electron chi connectivity index (χ0n) is 9.32. The number of carbonyl (C=O) groups excluding carboxylic acids is 1. The highest BCUT2D eigenvalue weighted by atomic mass is 32.1. The van der Waals surface area contributed by atoms with Crippen molar-refractivity contribution in [2.75, 3.05) is 18.4 Å². The van der Waals surface area contributed by atoms with E-state index in [1.54, 1.807) is 0 Å². The van der Waals surface area contributed by atoms with E-state index in [-0.39, 0.29) is 11.8 Å². The van der Waals surface area contributed by atoms with Crippen LogP contribution in [0.1, 0.15) is 25.6 Å². The lowest BCUT2D eigenvalue weighted by molar-refractivity contribution is -0.122. The quantitative estimate of drug-likeness (QED) is 0.729. The number of nitrogens with one attached hydrogen (secondary N) is 2. The van der Waals surface area contributed by atoms with Crippen molar-refractivity contribution >= 4 is 22.6 Å². The average molecular weight is 240 g/mol. The third-order valence-electron chi connectivity index (χ3n) is 2.43. The van der Waals surface area contributed by atoms with Gasteiger partial charge in [0, 0.05) is 37.0 Å². The average Bonchev–Trinajstić information content (AvgIpc) is 3.04. The number of amides is 1. The van der Waals surface area contributed by atoms with Crippen molar-refractivity contribution in [1.82, 2.24) is 14.7 Å². The lowest BCUT2D eigenvalue weighted by Gasteiger charge is -2.04. The number of anilines is 1. The zero-order valence-corrected chi connectivity index (χ0v) is 10.1. The number of aromatic nitrogens is 2. The molecule has 88 valence electrons. The molecule has 0 bridgehead atoms. The highest BCUT2D eigenvalue weighted by Crippen LogP contribution is 2.28. The molecule has 1 amide bonds. The second-order valence-electron chi connectivity index (χ2n) is 3.86. The van der Waals surface area contributed by atoms with E-state index in [9.17, 15) is 4.79 Å². The molecule has 0 aromatic carbocycles. The molecule has 1 fully saturated rings. The fourth-order valence-corrected chi connectivity index (χ4v) is 1.99. The number of hydrogen-bond donors (Lipinski definition) is 2. The van der Waals surface area contributed by atoms with Crippen LogP contribution < -0.4 is 10.6 Å². The topological polar surface area (TPSA) is 66.9 Å². The number of carbonyl (C=O) groups is 1. The van der Waals surface area contributed by atoms with Crippen LogP contribution in [0.4, 0.5) is 5.13 Å². The highest BCUT2D eigenvalue weighted by molar-refractivity contribution is 7.09. The molecule has 5 nitrogen and oxygen atoms in total. The van der Waals surface area contributed by atoms with Crippen LogP contribution in [0.25, 0.3) is 0 Å². The third-order valence-corrected chi connectivity index (χ3v) is 3.14. The molecule has 6 heteroatoms. The van der Waals surface area contributed by atoms with Crippen molar-refractivity contribution in [3.8, 4) is 0 Å². The monoisotopic (exact) mass is 240 g/mol. The molecule has 1 aliphatic rings. The summed E-state index contributed by atoms with van der Waals surface area (Å²) in [5.41, 5.74) is 0. The molecule has 0 aliphatic heterocycles. The maximum absolute atomic E-state index is 11.3. The Labute approximate surface area is 98.8 Å². The van der Waals surface area contributed by atoms with E-state index in [2.05, 4.69) is 20.0 Å². The molecule has 0 saturated heterocycles. The third kappa shape index (κ3) is 3.16. The van der Waals surface area contributed by atoms with E-state index in [0.29, 0.717) is 13.1 Å².